The molecule has 2 heterocycles. The van der Waals surface area contributed by atoms with Crippen molar-refractivity contribution in [2.75, 3.05) is 26.2 Å². The van der Waals surface area contributed by atoms with Crippen LogP contribution >= 0.6 is 0 Å². The van der Waals surface area contributed by atoms with Crippen molar-refractivity contribution in [3.8, 4) is 0 Å². The van der Waals surface area contributed by atoms with Crippen LogP contribution < -0.4 is 0 Å². The molecule has 2 aliphatic rings. The fourth-order valence-corrected chi connectivity index (χ4v) is 2.89. The highest BCUT2D eigenvalue weighted by molar-refractivity contribution is 5.98. The molecule has 0 bridgehead atoms. The molecular weight excluding hydrogens is 250 g/mol. The highest BCUT2D eigenvalue weighted by atomic mass is 16.2. The van der Waals surface area contributed by atoms with Crippen molar-refractivity contribution in [3.05, 3.63) is 35.9 Å². The van der Waals surface area contributed by atoms with Gasteiger partial charge < -0.3 is 4.90 Å². The van der Waals surface area contributed by atoms with Crippen LogP contribution in [0.5, 0.6) is 0 Å². The van der Waals surface area contributed by atoms with Gasteiger partial charge in [-0.2, -0.15) is 0 Å². The van der Waals surface area contributed by atoms with Crippen LogP contribution in [0.25, 0.3) is 0 Å². The maximum atomic E-state index is 12.4. The minimum atomic E-state index is 0.206. The van der Waals surface area contributed by atoms with Gasteiger partial charge in [-0.1, -0.05) is 30.3 Å². The molecule has 1 saturated heterocycles. The Hall–Kier alpha value is -1.84. The summed E-state index contributed by atoms with van der Waals surface area (Å²) in [6.07, 6.45) is 3.80. The molecule has 0 N–H and O–H groups in total. The van der Waals surface area contributed by atoms with Gasteiger partial charge >= 0.3 is 0 Å². The predicted molar refractivity (Wildman–Crippen MR) is 79.6 cm³/mol. The SMILES string of the molecule is O=C(CCc1ccccc1)N1CCN=C1N1CCCC1. The van der Waals surface area contributed by atoms with Crippen molar-refractivity contribution < 1.29 is 4.79 Å². The standard InChI is InChI=1S/C16H21N3O/c20-15(9-8-14-6-2-1-3-7-14)19-13-10-17-16(19)18-11-4-5-12-18/h1-3,6-7H,4-5,8-13H2. The van der Waals surface area contributed by atoms with Gasteiger partial charge in [-0.25, -0.2) is 0 Å². The van der Waals surface area contributed by atoms with Crippen molar-refractivity contribution in [1.82, 2.24) is 9.80 Å². The summed E-state index contributed by atoms with van der Waals surface area (Å²) in [6.45, 7) is 3.59. The third-order valence-corrected chi connectivity index (χ3v) is 3.98. The van der Waals surface area contributed by atoms with E-state index >= 15 is 0 Å². The molecule has 2 aliphatic heterocycles. The van der Waals surface area contributed by atoms with Crippen molar-refractivity contribution in [3.63, 3.8) is 0 Å². The minimum absolute atomic E-state index is 0.206. The Labute approximate surface area is 120 Å². The molecule has 1 fully saturated rings. The van der Waals surface area contributed by atoms with Crippen molar-refractivity contribution in [2.24, 2.45) is 4.99 Å². The average molecular weight is 271 g/mol. The second kappa shape index (κ2) is 6.07. The molecular formula is C16H21N3O. The van der Waals surface area contributed by atoms with E-state index in [1.807, 2.05) is 23.1 Å². The van der Waals surface area contributed by atoms with E-state index in [-0.39, 0.29) is 5.91 Å². The van der Waals surface area contributed by atoms with Gasteiger partial charge in [0.25, 0.3) is 0 Å². The first kappa shape index (κ1) is 13.2. The number of likely N-dealkylation sites (tertiary alicyclic amines) is 1. The van der Waals surface area contributed by atoms with Crippen LogP contribution in [0.3, 0.4) is 0 Å². The molecule has 1 amide bonds. The fourth-order valence-electron chi connectivity index (χ4n) is 2.89. The molecule has 1 aromatic rings. The zero-order valence-electron chi connectivity index (χ0n) is 11.8. The van der Waals surface area contributed by atoms with Gasteiger partial charge in [0.2, 0.25) is 11.9 Å². The van der Waals surface area contributed by atoms with Crippen molar-refractivity contribution in [1.29, 1.82) is 0 Å². The highest BCUT2D eigenvalue weighted by Gasteiger charge is 2.28. The molecule has 4 nitrogen and oxygen atoms in total. The van der Waals surface area contributed by atoms with Gasteiger partial charge in [0, 0.05) is 26.1 Å². The Morgan fingerprint density at radius 3 is 2.60 bits per heavy atom. The maximum absolute atomic E-state index is 12.4. The molecule has 1 aromatic carbocycles. The smallest absolute Gasteiger partial charge is 0.229 e. The molecule has 106 valence electrons. The molecule has 0 aromatic heterocycles. The lowest BCUT2D eigenvalue weighted by Crippen LogP contribution is -2.43. The normalized spacial score (nSPS) is 18.5. The second-order valence-corrected chi connectivity index (χ2v) is 5.41. The number of rotatable bonds is 3. The van der Waals surface area contributed by atoms with Crippen LogP contribution in [0.15, 0.2) is 35.3 Å². The van der Waals surface area contributed by atoms with Crippen molar-refractivity contribution in [2.45, 2.75) is 25.7 Å². The number of benzene rings is 1. The van der Waals surface area contributed by atoms with Gasteiger partial charge in [-0.3, -0.25) is 14.7 Å². The Morgan fingerprint density at radius 1 is 1.10 bits per heavy atom. The van der Waals surface area contributed by atoms with E-state index in [9.17, 15) is 4.79 Å². The summed E-state index contributed by atoms with van der Waals surface area (Å²) in [7, 11) is 0. The van der Waals surface area contributed by atoms with E-state index in [2.05, 4.69) is 22.0 Å². The van der Waals surface area contributed by atoms with Crippen LogP contribution in [-0.4, -0.2) is 47.8 Å². The van der Waals surface area contributed by atoms with Crippen LogP contribution in [-0.2, 0) is 11.2 Å². The lowest BCUT2D eigenvalue weighted by atomic mass is 10.1. The number of aryl methyl sites for hydroxylation is 1. The number of hydrogen-bond donors (Lipinski definition) is 0. The van der Waals surface area contributed by atoms with E-state index < -0.39 is 0 Å². The molecule has 0 saturated carbocycles. The molecule has 0 unspecified atom stereocenters. The van der Waals surface area contributed by atoms with Crippen LogP contribution in [0, 0.1) is 0 Å². The summed E-state index contributed by atoms with van der Waals surface area (Å²) in [6, 6.07) is 10.2. The number of amides is 1. The Morgan fingerprint density at radius 2 is 1.85 bits per heavy atom. The Bertz CT molecular complexity index is 492. The predicted octanol–water partition coefficient (Wildman–Crippen LogP) is 1.91. The quantitative estimate of drug-likeness (QED) is 0.842. The highest BCUT2D eigenvalue weighted by Crippen LogP contribution is 2.15. The number of hydrogen-bond acceptors (Lipinski definition) is 3. The molecule has 20 heavy (non-hydrogen) atoms. The lowest BCUT2D eigenvalue weighted by molar-refractivity contribution is -0.127. The number of carbonyl (C=O) groups excluding carboxylic acids is 1. The Kier molecular flexibility index (Phi) is 4.00. The van der Waals surface area contributed by atoms with Gasteiger partial charge in [0.15, 0.2) is 0 Å². The zero-order chi connectivity index (χ0) is 13.8. The number of nitrogens with zero attached hydrogens (tertiary/aromatic N) is 3. The summed E-state index contributed by atoms with van der Waals surface area (Å²) >= 11 is 0. The van der Waals surface area contributed by atoms with Crippen molar-refractivity contribution >= 4 is 11.9 Å². The van der Waals surface area contributed by atoms with E-state index in [0.29, 0.717) is 6.42 Å². The summed E-state index contributed by atoms with van der Waals surface area (Å²) in [5.74, 6) is 1.12. The van der Waals surface area contributed by atoms with E-state index in [4.69, 9.17) is 0 Å². The minimum Gasteiger partial charge on any atom is -0.342 e. The van der Waals surface area contributed by atoms with E-state index in [0.717, 1.165) is 38.6 Å². The van der Waals surface area contributed by atoms with E-state index in [1.54, 1.807) is 0 Å². The summed E-state index contributed by atoms with van der Waals surface area (Å²) in [5, 5.41) is 0. The van der Waals surface area contributed by atoms with Gasteiger partial charge in [-0.05, 0) is 24.8 Å². The first-order valence-corrected chi connectivity index (χ1v) is 7.48. The zero-order valence-corrected chi connectivity index (χ0v) is 11.8. The second-order valence-electron chi connectivity index (χ2n) is 5.41. The summed E-state index contributed by atoms with van der Waals surface area (Å²) < 4.78 is 0. The van der Waals surface area contributed by atoms with Crippen LogP contribution in [0.4, 0.5) is 0 Å². The van der Waals surface area contributed by atoms with Crippen LogP contribution in [0.2, 0.25) is 0 Å². The van der Waals surface area contributed by atoms with Gasteiger partial charge in [0.05, 0.1) is 6.54 Å². The van der Waals surface area contributed by atoms with Crippen LogP contribution in [0.1, 0.15) is 24.8 Å². The fraction of sp³-hybridized carbons (Fsp3) is 0.500. The number of guanidine groups is 1. The Balaban J connectivity index is 1.58. The van der Waals surface area contributed by atoms with Gasteiger partial charge in [0.1, 0.15) is 0 Å². The summed E-state index contributed by atoms with van der Waals surface area (Å²) in [4.78, 5) is 21.1. The maximum Gasteiger partial charge on any atom is 0.229 e. The molecule has 0 aliphatic carbocycles. The molecule has 0 radical (unpaired) electrons. The van der Waals surface area contributed by atoms with Gasteiger partial charge in [-0.15, -0.1) is 0 Å². The average Bonchev–Trinajstić information content (AvgIpc) is 3.15. The molecule has 4 heteroatoms. The first-order chi connectivity index (χ1) is 9.84. The van der Waals surface area contributed by atoms with E-state index in [1.165, 1.54) is 18.4 Å². The third kappa shape index (κ3) is 2.84. The number of aliphatic imine (C=N–C) groups is 1. The molecule has 0 spiro atoms. The topological polar surface area (TPSA) is 35.9 Å². The lowest BCUT2D eigenvalue weighted by Gasteiger charge is -2.25. The molecule has 0 atom stereocenters. The third-order valence-electron chi connectivity index (χ3n) is 3.98. The number of carbonyl (C=O) groups is 1. The summed E-state index contributed by atoms with van der Waals surface area (Å²) in [5.41, 5.74) is 1.22. The molecule has 3 rings (SSSR count). The monoisotopic (exact) mass is 271 g/mol. The first-order valence-electron chi connectivity index (χ1n) is 7.48. The largest absolute Gasteiger partial charge is 0.342 e.